The standard InChI is InChI=1S/C22H29NO4S2/c1-3-5-6-15-26-18-11-9-17(10-12-18)16-19-21(25)23(22(28)29-19)13-7-8-20(24)27-14-4-2/h9-12,16H,3-8,13-15H2,1-2H3/b19-16-. The quantitative estimate of drug-likeness (QED) is 0.195. The second kappa shape index (κ2) is 12.6. The van der Waals surface area contributed by atoms with Crippen LogP contribution in [0, 0.1) is 0 Å². The summed E-state index contributed by atoms with van der Waals surface area (Å²) in [4.78, 5) is 26.4. The number of carbonyl (C=O) groups is 2. The summed E-state index contributed by atoms with van der Waals surface area (Å²) < 4.78 is 11.3. The van der Waals surface area contributed by atoms with Crippen molar-refractivity contribution in [3.8, 4) is 5.75 Å². The first-order valence-electron chi connectivity index (χ1n) is 10.2. The lowest BCUT2D eigenvalue weighted by Crippen LogP contribution is -2.29. The van der Waals surface area contributed by atoms with Gasteiger partial charge in [-0.05, 0) is 43.0 Å². The van der Waals surface area contributed by atoms with Crippen LogP contribution in [0.25, 0.3) is 6.08 Å². The zero-order chi connectivity index (χ0) is 21.1. The van der Waals surface area contributed by atoms with E-state index in [9.17, 15) is 9.59 Å². The molecule has 2 rings (SSSR count). The first-order chi connectivity index (χ1) is 14.0. The lowest BCUT2D eigenvalue weighted by atomic mass is 10.2. The van der Waals surface area contributed by atoms with Crippen molar-refractivity contribution in [3.63, 3.8) is 0 Å². The van der Waals surface area contributed by atoms with Gasteiger partial charge in [0.2, 0.25) is 0 Å². The molecule has 1 aliphatic heterocycles. The van der Waals surface area contributed by atoms with E-state index in [0.717, 1.165) is 30.8 Å². The molecule has 7 heteroatoms. The number of rotatable bonds is 12. The minimum absolute atomic E-state index is 0.109. The summed E-state index contributed by atoms with van der Waals surface area (Å²) in [6, 6.07) is 7.71. The molecule has 0 unspecified atom stereocenters. The maximum atomic E-state index is 12.6. The molecule has 1 saturated heterocycles. The summed E-state index contributed by atoms with van der Waals surface area (Å²) in [7, 11) is 0. The van der Waals surface area contributed by atoms with E-state index in [1.165, 1.54) is 24.6 Å². The predicted molar refractivity (Wildman–Crippen MR) is 122 cm³/mol. The highest BCUT2D eigenvalue weighted by Crippen LogP contribution is 2.33. The van der Waals surface area contributed by atoms with Crippen LogP contribution >= 0.6 is 24.0 Å². The highest BCUT2D eigenvalue weighted by molar-refractivity contribution is 8.26. The molecule has 1 fully saturated rings. The van der Waals surface area contributed by atoms with Crippen LogP contribution in [0.15, 0.2) is 29.2 Å². The minimum Gasteiger partial charge on any atom is -0.494 e. The van der Waals surface area contributed by atoms with E-state index in [1.54, 1.807) is 4.90 Å². The van der Waals surface area contributed by atoms with Crippen LogP contribution in [-0.4, -0.2) is 40.9 Å². The number of carbonyl (C=O) groups excluding carboxylic acids is 2. The van der Waals surface area contributed by atoms with Gasteiger partial charge >= 0.3 is 5.97 Å². The summed E-state index contributed by atoms with van der Waals surface area (Å²) in [5.41, 5.74) is 0.926. The number of esters is 1. The average molecular weight is 436 g/mol. The van der Waals surface area contributed by atoms with Crippen molar-refractivity contribution >= 4 is 46.3 Å². The van der Waals surface area contributed by atoms with Gasteiger partial charge in [0.25, 0.3) is 5.91 Å². The third-order valence-corrected chi connectivity index (χ3v) is 5.68. The number of nitrogens with zero attached hydrogens (tertiary/aromatic N) is 1. The number of benzene rings is 1. The van der Waals surface area contributed by atoms with E-state index in [1.807, 2.05) is 37.3 Å². The SMILES string of the molecule is CCCCCOc1ccc(/C=C2\SC(=S)N(CCCC(=O)OCCC)C2=O)cc1. The Balaban J connectivity index is 1.86. The summed E-state index contributed by atoms with van der Waals surface area (Å²) in [5.74, 6) is 0.493. The molecule has 0 spiro atoms. The second-order valence-corrected chi connectivity index (χ2v) is 8.46. The molecule has 0 radical (unpaired) electrons. The van der Waals surface area contributed by atoms with Gasteiger partial charge in [-0.3, -0.25) is 14.5 Å². The van der Waals surface area contributed by atoms with Gasteiger partial charge in [0, 0.05) is 13.0 Å². The van der Waals surface area contributed by atoms with Gasteiger partial charge in [-0.15, -0.1) is 0 Å². The van der Waals surface area contributed by atoms with E-state index in [4.69, 9.17) is 21.7 Å². The zero-order valence-corrected chi connectivity index (χ0v) is 18.8. The lowest BCUT2D eigenvalue weighted by Gasteiger charge is -2.13. The number of ether oxygens (including phenoxy) is 2. The first kappa shape index (κ1) is 23.4. The molecular weight excluding hydrogens is 406 g/mol. The maximum absolute atomic E-state index is 12.6. The Kier molecular flexibility index (Phi) is 10.2. The van der Waals surface area contributed by atoms with E-state index >= 15 is 0 Å². The first-order valence-corrected chi connectivity index (χ1v) is 11.4. The van der Waals surface area contributed by atoms with E-state index in [0.29, 0.717) is 28.8 Å². The molecule has 0 bridgehead atoms. The Morgan fingerprint density at radius 1 is 1.10 bits per heavy atom. The summed E-state index contributed by atoms with van der Waals surface area (Å²) in [5, 5.41) is 0. The average Bonchev–Trinajstić information content (AvgIpc) is 2.98. The molecule has 1 aromatic carbocycles. The molecule has 0 saturated carbocycles. The minimum atomic E-state index is -0.232. The van der Waals surface area contributed by atoms with Crippen LogP contribution < -0.4 is 4.74 Å². The zero-order valence-electron chi connectivity index (χ0n) is 17.1. The topological polar surface area (TPSA) is 55.8 Å². The number of hydrogen-bond acceptors (Lipinski definition) is 6. The highest BCUT2D eigenvalue weighted by atomic mass is 32.2. The molecule has 0 aromatic heterocycles. The fourth-order valence-corrected chi connectivity index (χ4v) is 4.02. The molecule has 1 heterocycles. The van der Waals surface area contributed by atoms with Gasteiger partial charge in [0.05, 0.1) is 18.1 Å². The van der Waals surface area contributed by atoms with Crippen LogP contribution in [0.1, 0.15) is 57.9 Å². The molecule has 5 nitrogen and oxygen atoms in total. The maximum Gasteiger partial charge on any atom is 0.305 e. The van der Waals surface area contributed by atoms with Crippen LogP contribution in [0.4, 0.5) is 0 Å². The third-order valence-electron chi connectivity index (χ3n) is 4.30. The van der Waals surface area contributed by atoms with E-state index < -0.39 is 0 Å². The van der Waals surface area contributed by atoms with Crippen molar-refractivity contribution in [2.45, 2.75) is 52.4 Å². The van der Waals surface area contributed by atoms with Crippen molar-refractivity contribution in [1.29, 1.82) is 0 Å². The van der Waals surface area contributed by atoms with Crippen molar-refractivity contribution in [3.05, 3.63) is 34.7 Å². The number of unbranched alkanes of at least 4 members (excludes halogenated alkanes) is 2. The van der Waals surface area contributed by atoms with Crippen molar-refractivity contribution in [2.75, 3.05) is 19.8 Å². The van der Waals surface area contributed by atoms with Gasteiger partial charge in [0.15, 0.2) is 0 Å². The van der Waals surface area contributed by atoms with Crippen LogP contribution in [0.5, 0.6) is 5.75 Å². The fourth-order valence-electron chi connectivity index (χ4n) is 2.72. The van der Waals surface area contributed by atoms with Gasteiger partial charge in [-0.1, -0.05) is 62.8 Å². The number of hydrogen-bond donors (Lipinski definition) is 0. The predicted octanol–water partition coefficient (Wildman–Crippen LogP) is 5.19. The summed E-state index contributed by atoms with van der Waals surface area (Å²) in [6.07, 6.45) is 6.86. The Bertz CT molecular complexity index is 731. The van der Waals surface area contributed by atoms with Gasteiger partial charge in [-0.25, -0.2) is 0 Å². The van der Waals surface area contributed by atoms with Gasteiger partial charge in [0.1, 0.15) is 10.1 Å². The number of thioether (sulfide) groups is 1. The van der Waals surface area contributed by atoms with Crippen LogP contribution in [0.3, 0.4) is 0 Å². The van der Waals surface area contributed by atoms with Gasteiger partial charge < -0.3 is 9.47 Å². The molecule has 29 heavy (non-hydrogen) atoms. The lowest BCUT2D eigenvalue weighted by molar-refractivity contribution is -0.144. The molecule has 0 N–H and O–H groups in total. The largest absolute Gasteiger partial charge is 0.494 e. The molecule has 1 amide bonds. The Labute approximate surface area is 182 Å². The normalized spacial score (nSPS) is 15.2. The molecular formula is C22H29NO4S2. The van der Waals surface area contributed by atoms with E-state index in [2.05, 4.69) is 6.92 Å². The number of thiocarbonyl (C=S) groups is 1. The fraction of sp³-hybridized carbons (Fsp3) is 0.500. The van der Waals surface area contributed by atoms with Crippen LogP contribution in [-0.2, 0) is 14.3 Å². The van der Waals surface area contributed by atoms with E-state index in [-0.39, 0.29) is 18.3 Å². The summed E-state index contributed by atoms with van der Waals surface area (Å²) >= 11 is 6.64. The Morgan fingerprint density at radius 2 is 1.86 bits per heavy atom. The molecule has 1 aliphatic rings. The monoisotopic (exact) mass is 435 g/mol. The summed E-state index contributed by atoms with van der Waals surface area (Å²) in [6.45, 7) is 5.70. The highest BCUT2D eigenvalue weighted by Gasteiger charge is 2.31. The Morgan fingerprint density at radius 3 is 2.55 bits per heavy atom. The molecule has 0 atom stereocenters. The van der Waals surface area contributed by atoms with Gasteiger partial charge in [-0.2, -0.15) is 0 Å². The second-order valence-electron chi connectivity index (χ2n) is 6.78. The van der Waals surface area contributed by atoms with Crippen molar-refractivity contribution in [1.82, 2.24) is 4.90 Å². The third kappa shape index (κ3) is 7.82. The Hall–Kier alpha value is -1.86. The molecule has 158 valence electrons. The molecule has 1 aromatic rings. The smallest absolute Gasteiger partial charge is 0.305 e. The number of amides is 1. The van der Waals surface area contributed by atoms with Crippen LogP contribution in [0.2, 0.25) is 0 Å². The van der Waals surface area contributed by atoms with Crippen molar-refractivity contribution < 1.29 is 19.1 Å². The van der Waals surface area contributed by atoms with Crippen molar-refractivity contribution in [2.24, 2.45) is 0 Å². The molecule has 0 aliphatic carbocycles.